The highest BCUT2D eigenvalue weighted by Gasteiger charge is 2.42. The van der Waals surface area contributed by atoms with E-state index < -0.39 is 11.7 Å². The summed E-state index contributed by atoms with van der Waals surface area (Å²) in [5.74, 6) is 0. The first-order valence-corrected chi connectivity index (χ1v) is 5.22. The third kappa shape index (κ3) is 2.39. The fourth-order valence-electron chi connectivity index (χ4n) is 1.37. The smallest absolute Gasteiger partial charge is 0.108 e. The monoisotopic (exact) mass is 208 g/mol. The molecule has 0 amide bonds. The first-order chi connectivity index (χ1) is 6.77. The van der Waals surface area contributed by atoms with Gasteiger partial charge < -0.3 is 10.2 Å². The Morgan fingerprint density at radius 1 is 1.00 bits per heavy atom. The molecular weight excluding hydrogens is 188 g/mol. The summed E-state index contributed by atoms with van der Waals surface area (Å²) in [5, 5.41) is 20.5. The van der Waals surface area contributed by atoms with Crippen molar-refractivity contribution < 1.29 is 10.2 Å². The molecule has 84 valence electrons. The third-order valence-electron chi connectivity index (χ3n) is 3.17. The molecule has 2 atom stereocenters. The summed E-state index contributed by atoms with van der Waals surface area (Å²) >= 11 is 0. The van der Waals surface area contributed by atoms with Gasteiger partial charge in [-0.25, -0.2) is 0 Å². The predicted octanol–water partition coefficient (Wildman–Crippen LogP) is 2.52. The van der Waals surface area contributed by atoms with E-state index in [1.54, 1.807) is 6.92 Å². The number of hydrogen-bond acceptors (Lipinski definition) is 2. The van der Waals surface area contributed by atoms with Crippen LogP contribution in [0.25, 0.3) is 0 Å². The van der Waals surface area contributed by atoms with E-state index in [0.717, 1.165) is 5.56 Å². The van der Waals surface area contributed by atoms with Crippen molar-refractivity contribution in [2.45, 2.75) is 39.4 Å². The van der Waals surface area contributed by atoms with Crippen molar-refractivity contribution >= 4 is 0 Å². The molecule has 0 aromatic heterocycles. The Balaban J connectivity index is 3.00. The standard InChI is InChI=1S/C13H20O2/c1-12(2,3)13(4,15)11(14)10-8-6-5-7-9-10/h5-9,11,14-15H,1-4H3/t11-,13-/m0/s1. The van der Waals surface area contributed by atoms with Crippen LogP contribution >= 0.6 is 0 Å². The summed E-state index contributed by atoms with van der Waals surface area (Å²) < 4.78 is 0. The second-order valence-electron chi connectivity index (χ2n) is 5.21. The third-order valence-corrected chi connectivity index (χ3v) is 3.17. The van der Waals surface area contributed by atoms with Crippen molar-refractivity contribution in [2.75, 3.05) is 0 Å². The van der Waals surface area contributed by atoms with Gasteiger partial charge in [-0.1, -0.05) is 51.1 Å². The molecule has 2 N–H and O–H groups in total. The lowest BCUT2D eigenvalue weighted by molar-refractivity contribution is -0.131. The lowest BCUT2D eigenvalue weighted by Crippen LogP contribution is -2.45. The summed E-state index contributed by atoms with van der Waals surface area (Å²) in [6.45, 7) is 7.42. The second kappa shape index (κ2) is 3.95. The van der Waals surface area contributed by atoms with E-state index in [1.807, 2.05) is 51.1 Å². The van der Waals surface area contributed by atoms with Crippen molar-refractivity contribution in [1.82, 2.24) is 0 Å². The summed E-state index contributed by atoms with van der Waals surface area (Å²) in [6, 6.07) is 9.26. The van der Waals surface area contributed by atoms with Gasteiger partial charge in [-0.2, -0.15) is 0 Å². The maximum atomic E-state index is 10.3. The van der Waals surface area contributed by atoms with Gasteiger partial charge in [0.25, 0.3) is 0 Å². The van der Waals surface area contributed by atoms with Gasteiger partial charge in [-0.05, 0) is 17.9 Å². The van der Waals surface area contributed by atoms with E-state index >= 15 is 0 Å². The fourth-order valence-corrected chi connectivity index (χ4v) is 1.37. The maximum absolute atomic E-state index is 10.3. The Morgan fingerprint density at radius 2 is 1.47 bits per heavy atom. The van der Waals surface area contributed by atoms with Crippen LogP contribution in [0.15, 0.2) is 30.3 Å². The number of benzene rings is 1. The molecule has 0 aliphatic carbocycles. The lowest BCUT2D eigenvalue weighted by Gasteiger charge is -2.41. The first-order valence-electron chi connectivity index (χ1n) is 5.22. The van der Waals surface area contributed by atoms with Gasteiger partial charge in [-0.3, -0.25) is 0 Å². The summed E-state index contributed by atoms with van der Waals surface area (Å²) in [6.07, 6.45) is -0.862. The van der Waals surface area contributed by atoms with Crippen molar-refractivity contribution in [3.63, 3.8) is 0 Å². The van der Waals surface area contributed by atoms with E-state index in [2.05, 4.69) is 0 Å². The minimum atomic E-state index is -1.14. The molecule has 0 bridgehead atoms. The van der Waals surface area contributed by atoms with Crippen LogP contribution in [0.2, 0.25) is 0 Å². The average molecular weight is 208 g/mol. The fraction of sp³-hybridized carbons (Fsp3) is 0.538. The molecule has 0 spiro atoms. The van der Waals surface area contributed by atoms with Crippen molar-refractivity contribution in [3.8, 4) is 0 Å². The Bertz CT molecular complexity index is 309. The van der Waals surface area contributed by atoms with Crippen LogP contribution in [-0.2, 0) is 0 Å². The molecule has 0 radical (unpaired) electrons. The van der Waals surface area contributed by atoms with Gasteiger partial charge in [0.05, 0.1) is 5.60 Å². The topological polar surface area (TPSA) is 40.5 Å². The molecule has 2 heteroatoms. The Morgan fingerprint density at radius 3 is 1.87 bits per heavy atom. The molecule has 1 aromatic carbocycles. The Labute approximate surface area is 91.6 Å². The van der Waals surface area contributed by atoms with Crippen molar-refractivity contribution in [1.29, 1.82) is 0 Å². The largest absolute Gasteiger partial charge is 0.387 e. The minimum Gasteiger partial charge on any atom is -0.387 e. The van der Waals surface area contributed by atoms with Crippen LogP contribution in [-0.4, -0.2) is 15.8 Å². The molecular formula is C13H20O2. The van der Waals surface area contributed by atoms with Crippen LogP contribution in [0.4, 0.5) is 0 Å². The molecule has 0 aliphatic heterocycles. The SMILES string of the molecule is CC(C)(C)[C@@](C)(O)[C@@H](O)c1ccccc1. The zero-order valence-corrected chi connectivity index (χ0v) is 9.86. The molecule has 0 aliphatic rings. The molecule has 0 fully saturated rings. The molecule has 0 saturated carbocycles. The van der Waals surface area contributed by atoms with Gasteiger partial charge in [0.15, 0.2) is 0 Å². The van der Waals surface area contributed by atoms with E-state index in [-0.39, 0.29) is 5.41 Å². The van der Waals surface area contributed by atoms with Crippen molar-refractivity contribution in [2.24, 2.45) is 5.41 Å². The molecule has 15 heavy (non-hydrogen) atoms. The quantitative estimate of drug-likeness (QED) is 0.784. The zero-order chi connectivity index (χ0) is 11.7. The number of rotatable bonds is 2. The predicted molar refractivity (Wildman–Crippen MR) is 61.5 cm³/mol. The van der Waals surface area contributed by atoms with E-state index in [4.69, 9.17) is 0 Å². The molecule has 2 nitrogen and oxygen atoms in total. The summed E-state index contributed by atoms with van der Waals surface area (Å²) in [4.78, 5) is 0. The van der Waals surface area contributed by atoms with Gasteiger partial charge >= 0.3 is 0 Å². The van der Waals surface area contributed by atoms with Crippen LogP contribution in [0.3, 0.4) is 0 Å². The maximum Gasteiger partial charge on any atom is 0.108 e. The molecule has 0 heterocycles. The summed E-state index contributed by atoms with van der Waals surface area (Å²) in [5.41, 5.74) is -0.770. The highest BCUT2D eigenvalue weighted by Crippen LogP contribution is 2.39. The number of aliphatic hydroxyl groups is 2. The van der Waals surface area contributed by atoms with E-state index in [1.165, 1.54) is 0 Å². The zero-order valence-electron chi connectivity index (χ0n) is 9.86. The first kappa shape index (κ1) is 12.2. The van der Waals surface area contributed by atoms with Gasteiger partial charge in [-0.15, -0.1) is 0 Å². The van der Waals surface area contributed by atoms with Crippen LogP contribution < -0.4 is 0 Å². The van der Waals surface area contributed by atoms with Crippen LogP contribution in [0.1, 0.15) is 39.4 Å². The van der Waals surface area contributed by atoms with Gasteiger partial charge in [0.2, 0.25) is 0 Å². The molecule has 0 saturated heterocycles. The highest BCUT2D eigenvalue weighted by molar-refractivity contribution is 5.21. The van der Waals surface area contributed by atoms with Crippen LogP contribution in [0.5, 0.6) is 0 Å². The van der Waals surface area contributed by atoms with E-state index in [9.17, 15) is 10.2 Å². The second-order valence-corrected chi connectivity index (χ2v) is 5.21. The molecule has 1 aromatic rings. The highest BCUT2D eigenvalue weighted by atomic mass is 16.3. The lowest BCUT2D eigenvalue weighted by atomic mass is 9.72. The minimum absolute atomic E-state index is 0.373. The Hall–Kier alpha value is -0.860. The van der Waals surface area contributed by atoms with E-state index in [0.29, 0.717) is 0 Å². The average Bonchev–Trinajstić information content (AvgIpc) is 2.16. The van der Waals surface area contributed by atoms with Gasteiger partial charge in [0, 0.05) is 0 Å². The molecule has 1 rings (SSSR count). The number of aliphatic hydroxyl groups excluding tert-OH is 1. The van der Waals surface area contributed by atoms with Crippen LogP contribution in [0, 0.1) is 5.41 Å². The number of hydrogen-bond donors (Lipinski definition) is 2. The molecule has 0 unspecified atom stereocenters. The summed E-state index contributed by atoms with van der Waals surface area (Å²) in [7, 11) is 0. The normalized spacial score (nSPS) is 18.3. The Kier molecular flexibility index (Phi) is 3.22. The van der Waals surface area contributed by atoms with Crippen molar-refractivity contribution in [3.05, 3.63) is 35.9 Å². The van der Waals surface area contributed by atoms with Gasteiger partial charge in [0.1, 0.15) is 6.10 Å².